The van der Waals surface area contributed by atoms with Gasteiger partial charge in [0.15, 0.2) is 0 Å². The predicted molar refractivity (Wildman–Crippen MR) is 59.7 cm³/mol. The highest BCUT2D eigenvalue weighted by molar-refractivity contribution is 6.17. The zero-order chi connectivity index (χ0) is 9.80. The minimum Gasteiger partial charge on any atom is -0.265 e. The summed E-state index contributed by atoms with van der Waals surface area (Å²) >= 11 is 5.63. The van der Waals surface area contributed by atoms with E-state index in [0.717, 1.165) is 25.3 Å². The van der Waals surface area contributed by atoms with E-state index < -0.39 is 0 Å². The molecule has 3 heteroatoms. The van der Waals surface area contributed by atoms with E-state index in [9.17, 15) is 0 Å². The summed E-state index contributed by atoms with van der Waals surface area (Å²) in [6.45, 7) is 0.959. The van der Waals surface area contributed by atoms with E-state index in [0.29, 0.717) is 0 Å². The summed E-state index contributed by atoms with van der Waals surface area (Å²) in [4.78, 5) is 0. The molecule has 0 spiro atoms. The number of aryl methyl sites for hydroxylation is 1. The number of alkyl halides is 1. The molecule has 0 fully saturated rings. The van der Waals surface area contributed by atoms with Crippen LogP contribution in [0.25, 0.3) is 10.9 Å². The summed E-state index contributed by atoms with van der Waals surface area (Å²) in [6, 6.07) is 8.26. The van der Waals surface area contributed by atoms with Crippen LogP contribution in [0.3, 0.4) is 0 Å². The number of rotatable bonds is 4. The Hall–Kier alpha value is -1.02. The molecule has 2 aromatic rings. The SMILES string of the molecule is ClCCCCn1ncc2ccccc21. The molecule has 0 aliphatic carbocycles. The van der Waals surface area contributed by atoms with Gasteiger partial charge >= 0.3 is 0 Å². The molecule has 2 rings (SSSR count). The highest BCUT2D eigenvalue weighted by Crippen LogP contribution is 2.13. The number of benzene rings is 1. The highest BCUT2D eigenvalue weighted by Gasteiger charge is 1.99. The van der Waals surface area contributed by atoms with Crippen LogP contribution in [0, 0.1) is 0 Å². The van der Waals surface area contributed by atoms with Crippen molar-refractivity contribution in [2.24, 2.45) is 0 Å². The van der Waals surface area contributed by atoms with Gasteiger partial charge in [-0.3, -0.25) is 4.68 Å². The number of para-hydroxylation sites is 1. The lowest BCUT2D eigenvalue weighted by molar-refractivity contribution is 0.590. The Morgan fingerprint density at radius 1 is 1.21 bits per heavy atom. The lowest BCUT2D eigenvalue weighted by Crippen LogP contribution is -1.99. The third-order valence-corrected chi connectivity index (χ3v) is 2.57. The van der Waals surface area contributed by atoms with Gasteiger partial charge < -0.3 is 0 Å². The second-order valence-corrected chi connectivity index (χ2v) is 3.70. The number of nitrogens with zero attached hydrogens (tertiary/aromatic N) is 2. The quantitative estimate of drug-likeness (QED) is 0.558. The maximum absolute atomic E-state index is 5.63. The lowest BCUT2D eigenvalue weighted by Gasteiger charge is -2.01. The molecular weight excluding hydrogens is 196 g/mol. The van der Waals surface area contributed by atoms with Crippen LogP contribution in [0.4, 0.5) is 0 Å². The van der Waals surface area contributed by atoms with Gasteiger partial charge in [-0.05, 0) is 18.9 Å². The van der Waals surface area contributed by atoms with Gasteiger partial charge in [0.2, 0.25) is 0 Å². The van der Waals surface area contributed by atoms with Crippen LogP contribution in [0.15, 0.2) is 30.5 Å². The molecular formula is C11H13ClN2. The molecule has 0 aliphatic rings. The Labute approximate surface area is 88.5 Å². The molecule has 1 aromatic carbocycles. The van der Waals surface area contributed by atoms with E-state index in [2.05, 4.69) is 17.2 Å². The number of halogens is 1. The van der Waals surface area contributed by atoms with Gasteiger partial charge in [-0.1, -0.05) is 18.2 Å². The molecule has 0 unspecified atom stereocenters. The molecule has 0 saturated heterocycles. The Balaban J connectivity index is 2.17. The van der Waals surface area contributed by atoms with Gasteiger partial charge in [0, 0.05) is 17.8 Å². The minimum atomic E-state index is 0.735. The molecule has 14 heavy (non-hydrogen) atoms. The second-order valence-electron chi connectivity index (χ2n) is 3.32. The topological polar surface area (TPSA) is 17.8 Å². The van der Waals surface area contributed by atoms with Crippen LogP contribution in [-0.4, -0.2) is 15.7 Å². The first-order chi connectivity index (χ1) is 6.92. The first-order valence-corrected chi connectivity index (χ1v) is 5.42. The van der Waals surface area contributed by atoms with Crippen LogP contribution in [0.1, 0.15) is 12.8 Å². The van der Waals surface area contributed by atoms with E-state index in [1.807, 2.05) is 23.0 Å². The van der Waals surface area contributed by atoms with Crippen molar-refractivity contribution in [1.82, 2.24) is 9.78 Å². The largest absolute Gasteiger partial charge is 0.265 e. The van der Waals surface area contributed by atoms with Gasteiger partial charge in [-0.2, -0.15) is 5.10 Å². The monoisotopic (exact) mass is 208 g/mol. The first kappa shape index (κ1) is 9.53. The maximum Gasteiger partial charge on any atom is 0.0682 e. The molecule has 1 aromatic heterocycles. The Morgan fingerprint density at radius 3 is 2.93 bits per heavy atom. The van der Waals surface area contributed by atoms with E-state index in [-0.39, 0.29) is 0 Å². The second kappa shape index (κ2) is 4.47. The standard InChI is InChI=1S/C11H13ClN2/c12-7-3-4-8-14-11-6-2-1-5-10(11)9-13-14/h1-2,5-6,9H,3-4,7-8H2. The molecule has 0 saturated carbocycles. The zero-order valence-corrected chi connectivity index (χ0v) is 8.74. The molecule has 0 amide bonds. The summed E-state index contributed by atoms with van der Waals surface area (Å²) in [5.41, 5.74) is 1.21. The average molecular weight is 209 g/mol. The van der Waals surface area contributed by atoms with Crippen LogP contribution in [0.5, 0.6) is 0 Å². The van der Waals surface area contributed by atoms with Crippen LogP contribution < -0.4 is 0 Å². The number of hydrogen-bond acceptors (Lipinski definition) is 1. The maximum atomic E-state index is 5.63. The third-order valence-electron chi connectivity index (χ3n) is 2.30. The van der Waals surface area contributed by atoms with Crippen molar-refractivity contribution in [1.29, 1.82) is 0 Å². The van der Waals surface area contributed by atoms with Gasteiger partial charge in [0.05, 0.1) is 11.7 Å². The number of fused-ring (bicyclic) bond motifs is 1. The van der Waals surface area contributed by atoms with Gasteiger partial charge in [0.1, 0.15) is 0 Å². The van der Waals surface area contributed by atoms with Gasteiger partial charge in [-0.15, -0.1) is 11.6 Å². The average Bonchev–Trinajstić information content (AvgIpc) is 2.63. The molecule has 0 radical (unpaired) electrons. The summed E-state index contributed by atoms with van der Waals surface area (Å²) < 4.78 is 2.04. The van der Waals surface area contributed by atoms with Gasteiger partial charge in [0.25, 0.3) is 0 Å². The predicted octanol–water partition coefficient (Wildman–Crippen LogP) is 3.06. The number of hydrogen-bond donors (Lipinski definition) is 0. The fraction of sp³-hybridized carbons (Fsp3) is 0.364. The van der Waals surface area contributed by atoms with E-state index in [4.69, 9.17) is 11.6 Å². The molecule has 1 heterocycles. The van der Waals surface area contributed by atoms with E-state index >= 15 is 0 Å². The Kier molecular flexibility index (Phi) is 3.04. The number of aromatic nitrogens is 2. The Bertz CT molecular complexity index is 408. The van der Waals surface area contributed by atoms with Crippen LogP contribution >= 0.6 is 11.6 Å². The van der Waals surface area contributed by atoms with Crippen molar-refractivity contribution in [2.45, 2.75) is 19.4 Å². The fourth-order valence-corrected chi connectivity index (χ4v) is 1.75. The highest BCUT2D eigenvalue weighted by atomic mass is 35.5. The number of unbranched alkanes of at least 4 members (excludes halogenated alkanes) is 1. The zero-order valence-electron chi connectivity index (χ0n) is 7.99. The normalized spacial score (nSPS) is 10.9. The van der Waals surface area contributed by atoms with E-state index in [1.165, 1.54) is 10.9 Å². The van der Waals surface area contributed by atoms with Gasteiger partial charge in [-0.25, -0.2) is 0 Å². The Morgan fingerprint density at radius 2 is 2.07 bits per heavy atom. The van der Waals surface area contributed by atoms with Crippen molar-refractivity contribution in [2.75, 3.05) is 5.88 Å². The van der Waals surface area contributed by atoms with Crippen molar-refractivity contribution in [3.05, 3.63) is 30.5 Å². The summed E-state index contributed by atoms with van der Waals surface area (Å²) in [5, 5.41) is 5.55. The first-order valence-electron chi connectivity index (χ1n) is 4.88. The molecule has 2 nitrogen and oxygen atoms in total. The molecule has 0 N–H and O–H groups in total. The summed E-state index contributed by atoms with van der Waals surface area (Å²) in [5.74, 6) is 0.735. The fourth-order valence-electron chi connectivity index (χ4n) is 1.56. The van der Waals surface area contributed by atoms with Crippen LogP contribution in [-0.2, 0) is 6.54 Å². The molecule has 0 atom stereocenters. The van der Waals surface area contributed by atoms with Crippen molar-refractivity contribution in [3.63, 3.8) is 0 Å². The van der Waals surface area contributed by atoms with Crippen molar-refractivity contribution >= 4 is 22.5 Å². The summed E-state index contributed by atoms with van der Waals surface area (Å²) in [7, 11) is 0. The summed E-state index contributed by atoms with van der Waals surface area (Å²) in [6.07, 6.45) is 4.06. The van der Waals surface area contributed by atoms with Crippen molar-refractivity contribution < 1.29 is 0 Å². The lowest BCUT2D eigenvalue weighted by atomic mass is 10.2. The van der Waals surface area contributed by atoms with E-state index in [1.54, 1.807) is 0 Å². The third kappa shape index (κ3) is 1.90. The van der Waals surface area contributed by atoms with Crippen LogP contribution in [0.2, 0.25) is 0 Å². The minimum absolute atomic E-state index is 0.735. The smallest absolute Gasteiger partial charge is 0.0682 e. The van der Waals surface area contributed by atoms with Crippen molar-refractivity contribution in [3.8, 4) is 0 Å². The molecule has 0 aliphatic heterocycles. The molecule has 0 bridgehead atoms. The molecule has 74 valence electrons.